The Morgan fingerprint density at radius 2 is 2.25 bits per heavy atom. The van der Waals surface area contributed by atoms with Gasteiger partial charge in [0.25, 0.3) is 0 Å². The minimum Gasteiger partial charge on any atom is -0.473 e. The van der Waals surface area contributed by atoms with Crippen LogP contribution in [0.2, 0.25) is 5.02 Å². The number of rotatable bonds is 5. The molecular weight excluding hydrogens is 272 g/mol. The van der Waals surface area contributed by atoms with Crippen LogP contribution in [0.4, 0.5) is 0 Å². The van der Waals surface area contributed by atoms with Gasteiger partial charge in [-0.2, -0.15) is 0 Å². The molecular formula is C16H25ClN2O. The first kappa shape index (κ1) is 15.6. The van der Waals surface area contributed by atoms with E-state index in [1.54, 1.807) is 0 Å². The van der Waals surface area contributed by atoms with Crippen LogP contribution in [0, 0.1) is 5.92 Å². The van der Waals surface area contributed by atoms with Gasteiger partial charge in [-0.25, -0.2) is 4.98 Å². The Morgan fingerprint density at radius 3 is 2.90 bits per heavy atom. The van der Waals surface area contributed by atoms with E-state index in [2.05, 4.69) is 31.1 Å². The summed E-state index contributed by atoms with van der Waals surface area (Å²) in [6, 6.07) is 2.40. The van der Waals surface area contributed by atoms with Crippen LogP contribution in [0.25, 0.3) is 0 Å². The quantitative estimate of drug-likeness (QED) is 0.884. The van der Waals surface area contributed by atoms with Crippen molar-refractivity contribution >= 4 is 11.6 Å². The van der Waals surface area contributed by atoms with Crippen LogP contribution < -0.4 is 10.1 Å². The lowest BCUT2D eigenvalue weighted by molar-refractivity contribution is 0.124. The molecule has 1 fully saturated rings. The average molecular weight is 297 g/mol. The lowest BCUT2D eigenvalue weighted by Crippen LogP contribution is -2.25. The predicted molar refractivity (Wildman–Crippen MR) is 83.3 cm³/mol. The molecule has 0 aliphatic heterocycles. The molecule has 1 heterocycles. The van der Waals surface area contributed by atoms with Gasteiger partial charge in [-0.1, -0.05) is 38.8 Å². The summed E-state index contributed by atoms with van der Waals surface area (Å²) in [7, 11) is 0. The molecule has 4 heteroatoms. The molecule has 1 aliphatic rings. The van der Waals surface area contributed by atoms with E-state index >= 15 is 0 Å². The van der Waals surface area contributed by atoms with E-state index in [-0.39, 0.29) is 6.10 Å². The van der Waals surface area contributed by atoms with Crippen molar-refractivity contribution in [2.75, 3.05) is 0 Å². The van der Waals surface area contributed by atoms with Crippen molar-refractivity contribution in [3.8, 4) is 5.88 Å². The number of halogens is 1. The van der Waals surface area contributed by atoms with Crippen molar-refractivity contribution in [1.82, 2.24) is 10.3 Å². The maximum Gasteiger partial charge on any atom is 0.232 e. The van der Waals surface area contributed by atoms with E-state index in [4.69, 9.17) is 16.3 Å². The van der Waals surface area contributed by atoms with Crippen LogP contribution in [0.15, 0.2) is 12.3 Å². The molecule has 0 saturated heterocycles. The summed E-state index contributed by atoms with van der Waals surface area (Å²) >= 11 is 6.29. The number of ether oxygens (including phenoxy) is 1. The molecule has 1 aromatic heterocycles. The Morgan fingerprint density at radius 1 is 1.45 bits per heavy atom. The second-order valence-corrected chi connectivity index (χ2v) is 6.58. The molecule has 2 rings (SSSR count). The molecule has 0 bridgehead atoms. The van der Waals surface area contributed by atoms with Gasteiger partial charge in [-0.15, -0.1) is 0 Å². The number of pyridine rings is 1. The van der Waals surface area contributed by atoms with Gasteiger partial charge in [0.2, 0.25) is 5.88 Å². The van der Waals surface area contributed by atoms with Crippen LogP contribution in [-0.2, 0) is 6.54 Å². The lowest BCUT2D eigenvalue weighted by atomic mass is 9.89. The molecule has 1 aromatic rings. The zero-order chi connectivity index (χ0) is 14.5. The maximum atomic E-state index is 6.29. The second kappa shape index (κ2) is 7.28. The van der Waals surface area contributed by atoms with Gasteiger partial charge in [0.05, 0.1) is 0 Å². The molecule has 1 saturated carbocycles. The third kappa shape index (κ3) is 4.64. The van der Waals surface area contributed by atoms with Crippen molar-refractivity contribution in [2.24, 2.45) is 5.92 Å². The van der Waals surface area contributed by atoms with Gasteiger partial charge >= 0.3 is 0 Å². The average Bonchev–Trinajstić information content (AvgIpc) is 2.39. The molecule has 0 aromatic carbocycles. The van der Waals surface area contributed by atoms with E-state index < -0.39 is 0 Å². The van der Waals surface area contributed by atoms with Gasteiger partial charge < -0.3 is 10.1 Å². The van der Waals surface area contributed by atoms with Crippen molar-refractivity contribution in [1.29, 1.82) is 0 Å². The lowest BCUT2D eigenvalue weighted by Gasteiger charge is -2.27. The summed E-state index contributed by atoms with van der Waals surface area (Å²) in [6.07, 6.45) is 6.88. The van der Waals surface area contributed by atoms with E-state index in [0.29, 0.717) is 16.9 Å². The molecule has 2 unspecified atom stereocenters. The summed E-state index contributed by atoms with van der Waals surface area (Å²) in [5.41, 5.74) is 1.09. The fourth-order valence-electron chi connectivity index (χ4n) is 2.61. The Kier molecular flexibility index (Phi) is 5.67. The largest absolute Gasteiger partial charge is 0.473 e. The highest BCUT2D eigenvalue weighted by Gasteiger charge is 2.21. The number of hydrogen-bond donors (Lipinski definition) is 1. The highest BCUT2D eigenvalue weighted by molar-refractivity contribution is 6.31. The van der Waals surface area contributed by atoms with Crippen LogP contribution in [-0.4, -0.2) is 17.1 Å². The summed E-state index contributed by atoms with van der Waals surface area (Å²) in [5.74, 6) is 1.32. The van der Waals surface area contributed by atoms with Crippen molar-refractivity contribution in [3.63, 3.8) is 0 Å². The van der Waals surface area contributed by atoms with E-state index in [1.807, 2.05) is 12.3 Å². The number of nitrogens with zero attached hydrogens (tertiary/aromatic N) is 1. The summed E-state index contributed by atoms with van der Waals surface area (Å²) < 4.78 is 5.97. The fourth-order valence-corrected chi connectivity index (χ4v) is 2.85. The minimum absolute atomic E-state index is 0.267. The Hall–Kier alpha value is -0.800. The van der Waals surface area contributed by atoms with Gasteiger partial charge in [-0.3, -0.25) is 0 Å². The molecule has 112 valence electrons. The first-order chi connectivity index (χ1) is 9.54. The first-order valence-corrected chi connectivity index (χ1v) is 7.97. The molecule has 2 atom stereocenters. The monoisotopic (exact) mass is 296 g/mol. The Labute approximate surface area is 127 Å². The zero-order valence-electron chi connectivity index (χ0n) is 12.7. The molecule has 20 heavy (non-hydrogen) atoms. The number of nitrogens with one attached hydrogen (secondary N) is 1. The van der Waals surface area contributed by atoms with E-state index in [9.17, 15) is 0 Å². The van der Waals surface area contributed by atoms with E-state index in [1.165, 1.54) is 12.8 Å². The molecule has 1 N–H and O–H groups in total. The standard InChI is InChI=1S/C16H25ClN2O/c1-11(2)18-9-13-8-15(17)16(19-10-13)20-14-6-4-5-12(3)7-14/h8,10-12,14,18H,4-7,9H2,1-3H3. The highest BCUT2D eigenvalue weighted by Crippen LogP contribution is 2.30. The summed E-state index contributed by atoms with van der Waals surface area (Å²) in [5, 5.41) is 3.97. The van der Waals surface area contributed by atoms with Crippen molar-refractivity contribution in [3.05, 3.63) is 22.8 Å². The number of aromatic nitrogens is 1. The van der Waals surface area contributed by atoms with Crippen LogP contribution in [0.1, 0.15) is 52.0 Å². The zero-order valence-corrected chi connectivity index (χ0v) is 13.4. The number of hydrogen-bond acceptors (Lipinski definition) is 3. The van der Waals surface area contributed by atoms with Crippen molar-refractivity contribution in [2.45, 2.75) is 65.1 Å². The minimum atomic E-state index is 0.267. The van der Waals surface area contributed by atoms with Crippen LogP contribution in [0.3, 0.4) is 0 Å². The second-order valence-electron chi connectivity index (χ2n) is 6.18. The summed E-state index contributed by atoms with van der Waals surface area (Å²) in [6.45, 7) is 7.31. The van der Waals surface area contributed by atoms with Crippen LogP contribution >= 0.6 is 11.6 Å². The smallest absolute Gasteiger partial charge is 0.232 e. The first-order valence-electron chi connectivity index (χ1n) is 7.59. The third-order valence-corrected chi connectivity index (χ3v) is 4.02. The Bertz CT molecular complexity index is 436. The maximum absolute atomic E-state index is 6.29. The fraction of sp³-hybridized carbons (Fsp3) is 0.688. The van der Waals surface area contributed by atoms with Crippen LogP contribution in [0.5, 0.6) is 5.88 Å². The third-order valence-electron chi connectivity index (χ3n) is 3.75. The molecule has 0 spiro atoms. The molecule has 3 nitrogen and oxygen atoms in total. The molecule has 1 aliphatic carbocycles. The molecule has 0 amide bonds. The van der Waals surface area contributed by atoms with Gasteiger partial charge in [0.15, 0.2) is 0 Å². The SMILES string of the molecule is CC1CCCC(Oc2ncc(CNC(C)C)cc2Cl)C1. The normalized spacial score (nSPS) is 23.1. The Balaban J connectivity index is 1.95. The molecule has 0 radical (unpaired) electrons. The topological polar surface area (TPSA) is 34.1 Å². The van der Waals surface area contributed by atoms with E-state index in [0.717, 1.165) is 30.9 Å². The van der Waals surface area contributed by atoms with Gasteiger partial charge in [0.1, 0.15) is 11.1 Å². The predicted octanol–water partition coefficient (Wildman–Crippen LogP) is 4.19. The van der Waals surface area contributed by atoms with Crippen molar-refractivity contribution < 1.29 is 4.74 Å². The summed E-state index contributed by atoms with van der Waals surface area (Å²) in [4.78, 5) is 4.38. The van der Waals surface area contributed by atoms with Gasteiger partial charge in [0, 0.05) is 18.8 Å². The van der Waals surface area contributed by atoms with Gasteiger partial charge in [-0.05, 0) is 36.8 Å². The highest BCUT2D eigenvalue weighted by atomic mass is 35.5.